The molecule has 1 amide bonds. The topological polar surface area (TPSA) is 90.9 Å². The molecule has 0 bridgehead atoms. The zero-order valence-corrected chi connectivity index (χ0v) is 18.5. The minimum absolute atomic E-state index is 0.0340. The molecule has 2 aromatic carbocycles. The Morgan fingerprint density at radius 3 is 2.24 bits per heavy atom. The molecule has 0 aliphatic carbocycles. The Balaban J connectivity index is 1.99. The van der Waals surface area contributed by atoms with E-state index in [-0.39, 0.29) is 35.1 Å². The molecule has 0 aliphatic heterocycles. The number of benzene rings is 2. The molecule has 178 valence electrons. The normalized spacial score (nSPS) is 11.5. The molecular weight excluding hydrogens is 443 g/mol. The first-order chi connectivity index (χ1) is 15.3. The lowest BCUT2D eigenvalue weighted by Crippen LogP contribution is -2.26. The van der Waals surface area contributed by atoms with E-state index >= 15 is 0 Å². The molecule has 2 aromatic rings. The lowest BCUT2D eigenvalue weighted by molar-refractivity contribution is -0.137. The number of Topliss-reactive ketones (excluding diaryl/α,β-unsaturated/α-hetero) is 1. The van der Waals surface area contributed by atoms with Crippen LogP contribution in [0.4, 0.5) is 18.9 Å². The molecule has 0 saturated heterocycles. The molecule has 1 N–H and O–H groups in total. The van der Waals surface area contributed by atoms with Gasteiger partial charge in [-0.25, -0.2) is 4.79 Å². The fraction of sp³-hybridized carbons (Fsp3) is 0.348. The molecule has 7 nitrogen and oxygen atoms in total. The smallest absolute Gasteiger partial charge is 0.416 e. The van der Waals surface area contributed by atoms with Gasteiger partial charge in [0.1, 0.15) is 0 Å². The summed E-state index contributed by atoms with van der Waals surface area (Å²) in [5.41, 5.74) is -1.47. The SMILES string of the molecule is COc1cc(C(=O)OCC(=O)C(C)(C)C)ccc1OCC(=O)Nc1cccc(C(F)(F)F)c1. The molecule has 2 rings (SSSR count). The molecule has 0 spiro atoms. The van der Waals surface area contributed by atoms with Gasteiger partial charge in [0, 0.05) is 11.1 Å². The van der Waals surface area contributed by atoms with Gasteiger partial charge in [-0.3, -0.25) is 9.59 Å². The van der Waals surface area contributed by atoms with E-state index < -0.39 is 35.6 Å². The van der Waals surface area contributed by atoms with Gasteiger partial charge in [-0.15, -0.1) is 0 Å². The lowest BCUT2D eigenvalue weighted by Gasteiger charge is -2.16. The average molecular weight is 467 g/mol. The minimum Gasteiger partial charge on any atom is -0.493 e. The number of ether oxygens (including phenoxy) is 3. The van der Waals surface area contributed by atoms with Crippen LogP contribution >= 0.6 is 0 Å². The van der Waals surface area contributed by atoms with Crippen molar-refractivity contribution in [1.82, 2.24) is 0 Å². The van der Waals surface area contributed by atoms with E-state index in [0.29, 0.717) is 0 Å². The summed E-state index contributed by atoms with van der Waals surface area (Å²) in [5.74, 6) is -1.42. The number of nitrogens with one attached hydrogen (secondary N) is 1. The van der Waals surface area contributed by atoms with Crippen LogP contribution in [0.1, 0.15) is 36.7 Å². The van der Waals surface area contributed by atoms with Crippen molar-refractivity contribution in [1.29, 1.82) is 0 Å². The Kier molecular flexibility index (Phi) is 8.08. The Morgan fingerprint density at radius 2 is 1.64 bits per heavy atom. The molecule has 0 unspecified atom stereocenters. The number of anilines is 1. The van der Waals surface area contributed by atoms with Gasteiger partial charge in [0.25, 0.3) is 5.91 Å². The van der Waals surface area contributed by atoms with Gasteiger partial charge in [-0.1, -0.05) is 26.8 Å². The highest BCUT2D eigenvalue weighted by molar-refractivity contribution is 5.93. The molecule has 33 heavy (non-hydrogen) atoms. The number of halogens is 3. The Hall–Kier alpha value is -3.56. The number of hydrogen-bond donors (Lipinski definition) is 1. The quantitative estimate of drug-likeness (QED) is 0.575. The Morgan fingerprint density at radius 1 is 0.939 bits per heavy atom. The second kappa shape index (κ2) is 10.4. The maximum absolute atomic E-state index is 12.8. The largest absolute Gasteiger partial charge is 0.493 e. The van der Waals surface area contributed by atoms with Crippen LogP contribution < -0.4 is 14.8 Å². The molecule has 0 heterocycles. The Labute approximate surface area is 188 Å². The predicted molar refractivity (Wildman–Crippen MR) is 113 cm³/mol. The first-order valence-electron chi connectivity index (χ1n) is 9.79. The van der Waals surface area contributed by atoms with Crippen molar-refractivity contribution in [3.05, 3.63) is 53.6 Å². The van der Waals surface area contributed by atoms with Crippen molar-refractivity contribution in [2.24, 2.45) is 5.41 Å². The second-order valence-corrected chi connectivity index (χ2v) is 8.03. The number of hydrogen-bond acceptors (Lipinski definition) is 6. The van der Waals surface area contributed by atoms with Crippen molar-refractivity contribution in [2.75, 3.05) is 25.6 Å². The number of alkyl halides is 3. The molecular formula is C23H24F3NO6. The van der Waals surface area contributed by atoms with Crippen LogP contribution in [0.3, 0.4) is 0 Å². The number of rotatable bonds is 8. The van der Waals surface area contributed by atoms with Gasteiger partial charge in [-0.05, 0) is 36.4 Å². The van der Waals surface area contributed by atoms with E-state index in [1.54, 1.807) is 20.8 Å². The molecule has 10 heteroatoms. The van der Waals surface area contributed by atoms with Crippen molar-refractivity contribution in [2.45, 2.75) is 26.9 Å². The van der Waals surface area contributed by atoms with E-state index in [1.807, 2.05) is 0 Å². The van der Waals surface area contributed by atoms with Crippen LogP contribution in [-0.2, 0) is 20.5 Å². The lowest BCUT2D eigenvalue weighted by atomic mass is 9.91. The summed E-state index contributed by atoms with van der Waals surface area (Å²) in [6.45, 7) is 4.24. The van der Waals surface area contributed by atoms with Crippen molar-refractivity contribution in [3.63, 3.8) is 0 Å². The van der Waals surface area contributed by atoms with Gasteiger partial charge >= 0.3 is 12.1 Å². The van der Waals surface area contributed by atoms with Crippen LogP contribution in [0.5, 0.6) is 11.5 Å². The maximum Gasteiger partial charge on any atom is 0.416 e. The number of amides is 1. The number of methoxy groups -OCH3 is 1. The van der Waals surface area contributed by atoms with E-state index in [0.717, 1.165) is 12.1 Å². The minimum atomic E-state index is -4.53. The molecule has 0 saturated carbocycles. The van der Waals surface area contributed by atoms with Gasteiger partial charge < -0.3 is 19.5 Å². The zero-order chi connectivity index (χ0) is 24.8. The third kappa shape index (κ3) is 7.51. The van der Waals surface area contributed by atoms with Crippen LogP contribution in [0, 0.1) is 5.41 Å². The number of carbonyl (C=O) groups is 3. The van der Waals surface area contributed by atoms with Crippen LogP contribution in [0.2, 0.25) is 0 Å². The van der Waals surface area contributed by atoms with Gasteiger partial charge in [-0.2, -0.15) is 13.2 Å². The summed E-state index contributed by atoms with van der Waals surface area (Å²) in [5, 5.41) is 2.32. The average Bonchev–Trinajstić information content (AvgIpc) is 2.74. The first-order valence-corrected chi connectivity index (χ1v) is 9.79. The standard InChI is InChI=1S/C23H24F3NO6/c1-22(2,3)19(28)12-33-21(30)14-8-9-17(18(10-14)31-4)32-13-20(29)27-16-7-5-6-15(11-16)23(24,25)26/h5-11H,12-13H2,1-4H3,(H,27,29). The number of esters is 1. The highest BCUT2D eigenvalue weighted by Gasteiger charge is 2.30. The van der Waals surface area contributed by atoms with E-state index in [1.165, 1.54) is 37.4 Å². The highest BCUT2D eigenvalue weighted by atomic mass is 19.4. The van der Waals surface area contributed by atoms with Crippen molar-refractivity contribution >= 4 is 23.3 Å². The van der Waals surface area contributed by atoms with Crippen molar-refractivity contribution in [3.8, 4) is 11.5 Å². The number of ketones is 1. The molecule has 0 radical (unpaired) electrons. The molecule has 0 aliphatic rings. The van der Waals surface area contributed by atoms with E-state index in [9.17, 15) is 27.6 Å². The molecule has 0 fully saturated rings. The van der Waals surface area contributed by atoms with Gasteiger partial charge in [0.2, 0.25) is 0 Å². The summed E-state index contributed by atoms with van der Waals surface area (Å²) in [6, 6.07) is 8.26. The molecule has 0 atom stereocenters. The molecule has 0 aromatic heterocycles. The van der Waals surface area contributed by atoms with Crippen molar-refractivity contribution < 1.29 is 41.8 Å². The van der Waals surface area contributed by atoms with Gasteiger partial charge in [0.15, 0.2) is 30.5 Å². The van der Waals surface area contributed by atoms with Crippen LogP contribution in [0.25, 0.3) is 0 Å². The maximum atomic E-state index is 12.8. The third-order valence-electron chi connectivity index (χ3n) is 4.40. The highest BCUT2D eigenvalue weighted by Crippen LogP contribution is 2.31. The van der Waals surface area contributed by atoms with Gasteiger partial charge in [0.05, 0.1) is 18.2 Å². The predicted octanol–water partition coefficient (Wildman–Crippen LogP) is 4.50. The Bertz CT molecular complexity index is 1030. The van der Waals surface area contributed by atoms with E-state index in [4.69, 9.17) is 14.2 Å². The first kappa shape index (κ1) is 25.7. The summed E-state index contributed by atoms with van der Waals surface area (Å²) >= 11 is 0. The fourth-order valence-electron chi connectivity index (χ4n) is 2.46. The second-order valence-electron chi connectivity index (χ2n) is 8.03. The van der Waals surface area contributed by atoms with E-state index in [2.05, 4.69) is 5.32 Å². The summed E-state index contributed by atoms with van der Waals surface area (Å²) in [6.07, 6.45) is -4.53. The monoisotopic (exact) mass is 467 g/mol. The summed E-state index contributed by atoms with van der Waals surface area (Å²) < 4.78 is 53.9. The third-order valence-corrected chi connectivity index (χ3v) is 4.40. The fourth-order valence-corrected chi connectivity index (χ4v) is 2.46. The number of carbonyl (C=O) groups excluding carboxylic acids is 3. The van der Waals surface area contributed by atoms with Crippen LogP contribution in [0.15, 0.2) is 42.5 Å². The van der Waals surface area contributed by atoms with Crippen LogP contribution in [-0.4, -0.2) is 38.0 Å². The summed E-state index contributed by atoms with van der Waals surface area (Å²) in [7, 11) is 1.32. The summed E-state index contributed by atoms with van der Waals surface area (Å²) in [4.78, 5) is 36.2. The zero-order valence-electron chi connectivity index (χ0n) is 18.5.